The van der Waals surface area contributed by atoms with Crippen LogP contribution in [-0.2, 0) is 0 Å². The minimum atomic E-state index is 0.704. The Kier molecular flexibility index (Phi) is 2.94. The highest BCUT2D eigenvalue weighted by molar-refractivity contribution is 5.79. The minimum Gasteiger partial charge on any atom is -0.399 e. The maximum Gasteiger partial charge on any atom is 0.152 e. The van der Waals surface area contributed by atoms with Crippen molar-refractivity contribution in [1.29, 1.82) is 0 Å². The van der Waals surface area contributed by atoms with E-state index < -0.39 is 0 Å². The fourth-order valence-corrected chi connectivity index (χ4v) is 1.84. The van der Waals surface area contributed by atoms with Crippen LogP contribution in [0.2, 0.25) is 0 Å². The van der Waals surface area contributed by atoms with E-state index in [0.717, 1.165) is 22.2 Å². The van der Waals surface area contributed by atoms with Crippen molar-refractivity contribution in [3.05, 3.63) is 66.1 Å². The summed E-state index contributed by atoms with van der Waals surface area (Å²) >= 11 is 0. The van der Waals surface area contributed by atoms with Gasteiger partial charge in [0.15, 0.2) is 5.82 Å². The van der Waals surface area contributed by atoms with Crippen LogP contribution in [0.5, 0.6) is 0 Å². The lowest BCUT2D eigenvalue weighted by molar-refractivity contribution is 1.19. The molecule has 2 N–H and O–H groups in total. The molecule has 0 bridgehead atoms. The van der Waals surface area contributed by atoms with Gasteiger partial charge in [0.2, 0.25) is 0 Å². The molecule has 19 heavy (non-hydrogen) atoms. The van der Waals surface area contributed by atoms with Crippen molar-refractivity contribution in [3.8, 4) is 0 Å². The van der Waals surface area contributed by atoms with Gasteiger partial charge in [0.05, 0.1) is 5.52 Å². The van der Waals surface area contributed by atoms with Crippen LogP contribution in [0.4, 0.5) is 5.69 Å². The van der Waals surface area contributed by atoms with E-state index in [0.29, 0.717) is 5.82 Å². The van der Waals surface area contributed by atoms with Gasteiger partial charge in [-0.2, -0.15) is 0 Å². The summed E-state index contributed by atoms with van der Waals surface area (Å²) in [5.74, 6) is 0.704. The smallest absolute Gasteiger partial charge is 0.152 e. The van der Waals surface area contributed by atoms with Gasteiger partial charge < -0.3 is 5.73 Å². The molecule has 3 aromatic rings. The first-order valence-corrected chi connectivity index (χ1v) is 6.07. The maximum absolute atomic E-state index is 5.65. The highest BCUT2D eigenvalue weighted by Gasteiger charge is 1.95. The largest absolute Gasteiger partial charge is 0.399 e. The van der Waals surface area contributed by atoms with Crippen molar-refractivity contribution < 1.29 is 0 Å². The van der Waals surface area contributed by atoms with Crippen molar-refractivity contribution in [1.82, 2.24) is 9.97 Å². The van der Waals surface area contributed by atoms with E-state index >= 15 is 0 Å². The molecule has 2 aromatic carbocycles. The molecule has 0 unspecified atom stereocenters. The van der Waals surface area contributed by atoms with Crippen LogP contribution in [0.15, 0.2) is 54.7 Å². The Hall–Kier alpha value is -2.68. The zero-order chi connectivity index (χ0) is 13.1. The van der Waals surface area contributed by atoms with Gasteiger partial charge in [-0.25, -0.2) is 9.97 Å². The summed E-state index contributed by atoms with van der Waals surface area (Å²) in [7, 11) is 0. The van der Waals surface area contributed by atoms with Crippen molar-refractivity contribution in [2.75, 3.05) is 5.73 Å². The zero-order valence-electron chi connectivity index (χ0n) is 10.3. The topological polar surface area (TPSA) is 51.8 Å². The second kappa shape index (κ2) is 4.90. The van der Waals surface area contributed by atoms with E-state index in [1.54, 1.807) is 0 Å². The number of para-hydroxylation sites is 1. The number of nitrogens with zero attached hydrogens (tertiary/aromatic N) is 2. The fourth-order valence-electron chi connectivity index (χ4n) is 1.84. The normalized spacial score (nSPS) is 11.2. The first kappa shape index (κ1) is 11.4. The molecule has 0 saturated heterocycles. The Morgan fingerprint density at radius 1 is 0.895 bits per heavy atom. The highest BCUT2D eigenvalue weighted by Crippen LogP contribution is 2.12. The molecule has 3 rings (SSSR count). The monoisotopic (exact) mass is 247 g/mol. The lowest BCUT2D eigenvalue weighted by Crippen LogP contribution is -1.87. The van der Waals surface area contributed by atoms with Crippen LogP contribution < -0.4 is 5.73 Å². The number of nitrogens with two attached hydrogens (primary N) is 1. The summed E-state index contributed by atoms with van der Waals surface area (Å²) in [6, 6.07) is 15.6. The Balaban J connectivity index is 1.90. The van der Waals surface area contributed by atoms with Gasteiger partial charge in [-0.3, -0.25) is 0 Å². The van der Waals surface area contributed by atoms with Crippen molar-refractivity contribution >= 4 is 28.7 Å². The van der Waals surface area contributed by atoms with E-state index in [9.17, 15) is 0 Å². The summed E-state index contributed by atoms with van der Waals surface area (Å²) in [5, 5.41) is 1.05. The summed E-state index contributed by atoms with van der Waals surface area (Å²) in [5.41, 5.74) is 8.44. The van der Waals surface area contributed by atoms with Gasteiger partial charge in [-0.15, -0.1) is 0 Å². The molecule has 0 saturated carbocycles. The molecule has 3 heteroatoms. The number of aromatic nitrogens is 2. The first-order valence-electron chi connectivity index (χ1n) is 6.07. The molecular weight excluding hydrogens is 234 g/mol. The molecule has 0 amide bonds. The lowest BCUT2D eigenvalue weighted by Gasteiger charge is -1.98. The standard InChI is InChI=1S/C16H13N3/c17-14-8-5-12(6-9-14)7-10-16-18-11-13-3-1-2-4-15(13)19-16/h1-11H,17H2. The number of nitrogen functional groups attached to an aromatic ring is 1. The zero-order valence-corrected chi connectivity index (χ0v) is 10.3. The van der Waals surface area contributed by atoms with Crippen molar-refractivity contribution in [2.24, 2.45) is 0 Å². The summed E-state index contributed by atoms with van der Waals surface area (Å²) < 4.78 is 0. The van der Waals surface area contributed by atoms with Crippen LogP contribution in [0.25, 0.3) is 23.1 Å². The second-order valence-corrected chi connectivity index (χ2v) is 4.29. The van der Waals surface area contributed by atoms with Gasteiger partial charge >= 0.3 is 0 Å². The van der Waals surface area contributed by atoms with Gasteiger partial charge in [-0.1, -0.05) is 36.4 Å². The van der Waals surface area contributed by atoms with Crippen LogP contribution in [0.1, 0.15) is 11.4 Å². The van der Waals surface area contributed by atoms with Crippen LogP contribution in [0.3, 0.4) is 0 Å². The molecule has 0 fully saturated rings. The molecule has 0 aliphatic rings. The van der Waals surface area contributed by atoms with Gasteiger partial charge in [-0.05, 0) is 29.8 Å². The number of benzene rings is 2. The van der Waals surface area contributed by atoms with E-state index in [1.807, 2.05) is 66.9 Å². The third-order valence-electron chi connectivity index (χ3n) is 2.87. The van der Waals surface area contributed by atoms with Crippen LogP contribution >= 0.6 is 0 Å². The van der Waals surface area contributed by atoms with Crippen LogP contribution in [0, 0.1) is 0 Å². The molecule has 1 heterocycles. The lowest BCUT2D eigenvalue weighted by atomic mass is 10.2. The average Bonchev–Trinajstić information content (AvgIpc) is 2.46. The third-order valence-corrected chi connectivity index (χ3v) is 2.87. The molecule has 1 aromatic heterocycles. The van der Waals surface area contributed by atoms with Crippen molar-refractivity contribution in [2.45, 2.75) is 0 Å². The average molecular weight is 247 g/mol. The second-order valence-electron chi connectivity index (χ2n) is 4.29. The molecular formula is C16H13N3. The number of anilines is 1. The van der Waals surface area contributed by atoms with Crippen LogP contribution in [-0.4, -0.2) is 9.97 Å². The van der Waals surface area contributed by atoms with E-state index in [4.69, 9.17) is 5.73 Å². The molecule has 3 nitrogen and oxygen atoms in total. The van der Waals surface area contributed by atoms with Crippen molar-refractivity contribution in [3.63, 3.8) is 0 Å². The van der Waals surface area contributed by atoms with E-state index in [1.165, 1.54) is 0 Å². The Morgan fingerprint density at radius 3 is 2.53 bits per heavy atom. The SMILES string of the molecule is Nc1ccc(C=Cc2ncc3ccccc3n2)cc1. The predicted octanol–water partition coefficient (Wildman–Crippen LogP) is 3.38. The Labute approximate surface area is 111 Å². The molecule has 0 aliphatic heterocycles. The van der Waals surface area contributed by atoms with Gasteiger partial charge in [0.1, 0.15) is 0 Å². The highest BCUT2D eigenvalue weighted by atomic mass is 14.9. The molecule has 0 aliphatic carbocycles. The predicted molar refractivity (Wildman–Crippen MR) is 79.3 cm³/mol. The first-order chi connectivity index (χ1) is 9.31. The number of hydrogen-bond acceptors (Lipinski definition) is 3. The Bertz CT molecular complexity index is 730. The maximum atomic E-state index is 5.65. The van der Waals surface area contributed by atoms with E-state index in [-0.39, 0.29) is 0 Å². The number of rotatable bonds is 2. The third kappa shape index (κ3) is 2.60. The minimum absolute atomic E-state index is 0.704. The summed E-state index contributed by atoms with van der Waals surface area (Å²) in [4.78, 5) is 8.80. The summed E-state index contributed by atoms with van der Waals surface area (Å²) in [6.45, 7) is 0. The molecule has 0 radical (unpaired) electrons. The molecule has 92 valence electrons. The van der Waals surface area contributed by atoms with Gasteiger partial charge in [0, 0.05) is 17.3 Å². The Morgan fingerprint density at radius 2 is 1.68 bits per heavy atom. The van der Waals surface area contributed by atoms with E-state index in [2.05, 4.69) is 9.97 Å². The molecule has 0 spiro atoms. The van der Waals surface area contributed by atoms with Gasteiger partial charge in [0.25, 0.3) is 0 Å². The fraction of sp³-hybridized carbons (Fsp3) is 0. The molecule has 0 atom stereocenters. The quantitative estimate of drug-likeness (QED) is 0.706. The number of fused-ring (bicyclic) bond motifs is 1. The summed E-state index contributed by atoms with van der Waals surface area (Å²) in [6.07, 6.45) is 5.71. The number of hydrogen-bond donors (Lipinski definition) is 1.